The molecule has 0 aromatic heterocycles. The fourth-order valence-corrected chi connectivity index (χ4v) is 4.79. The van der Waals surface area contributed by atoms with Gasteiger partial charge in [-0.25, -0.2) is 0 Å². The predicted molar refractivity (Wildman–Crippen MR) is 105 cm³/mol. The minimum absolute atomic E-state index is 0.00477. The van der Waals surface area contributed by atoms with Crippen molar-refractivity contribution in [3.63, 3.8) is 0 Å². The lowest BCUT2D eigenvalue weighted by molar-refractivity contribution is -0.139. The number of aliphatic hydroxyl groups excluding tert-OH is 1. The summed E-state index contributed by atoms with van der Waals surface area (Å²) in [5.74, 6) is 0.278. The van der Waals surface area contributed by atoms with Crippen molar-refractivity contribution in [3.8, 4) is 0 Å². The Hall–Kier alpha value is -1.39. The van der Waals surface area contributed by atoms with Gasteiger partial charge in [-0.2, -0.15) is 0 Å². The summed E-state index contributed by atoms with van der Waals surface area (Å²) in [5.41, 5.74) is 2.69. The van der Waals surface area contributed by atoms with Crippen molar-refractivity contribution in [1.29, 1.82) is 0 Å². The minimum Gasteiger partial charge on any atom is -0.396 e. The van der Waals surface area contributed by atoms with Crippen LogP contribution in [0.3, 0.4) is 0 Å². The fourth-order valence-electron chi connectivity index (χ4n) is 4.79. The fraction of sp³-hybridized carbons (Fsp3) is 0.682. The lowest BCUT2D eigenvalue weighted by atomic mass is 9.69. The van der Waals surface area contributed by atoms with E-state index in [0.29, 0.717) is 12.5 Å². The number of piperidine rings is 2. The molecular weight excluding hydrogens is 324 g/mol. The lowest BCUT2D eigenvalue weighted by Gasteiger charge is -2.53. The van der Waals surface area contributed by atoms with Gasteiger partial charge in [-0.05, 0) is 63.2 Å². The molecule has 2 aliphatic rings. The zero-order chi connectivity index (χ0) is 18.6. The maximum atomic E-state index is 12.7. The predicted octanol–water partition coefficient (Wildman–Crippen LogP) is 2.88. The molecule has 4 nitrogen and oxygen atoms in total. The van der Waals surface area contributed by atoms with Crippen molar-refractivity contribution in [3.05, 3.63) is 35.4 Å². The summed E-state index contributed by atoms with van der Waals surface area (Å²) in [6.07, 6.45) is 6.74. The highest BCUT2D eigenvalue weighted by Crippen LogP contribution is 2.41. The van der Waals surface area contributed by atoms with E-state index in [9.17, 15) is 9.90 Å². The topological polar surface area (TPSA) is 43.8 Å². The second-order valence-corrected chi connectivity index (χ2v) is 8.23. The van der Waals surface area contributed by atoms with Gasteiger partial charge in [-0.3, -0.25) is 4.79 Å². The number of likely N-dealkylation sites (tertiary alicyclic amines) is 2. The maximum absolute atomic E-state index is 12.7. The average molecular weight is 359 g/mol. The number of amides is 1. The van der Waals surface area contributed by atoms with Crippen molar-refractivity contribution in [2.75, 3.05) is 33.3 Å². The number of likely N-dealkylation sites (N-methyl/N-ethyl adjacent to an activating group) is 1. The normalized spacial score (nSPS) is 26.6. The summed E-state index contributed by atoms with van der Waals surface area (Å²) in [5, 5.41) is 9.99. The van der Waals surface area contributed by atoms with Gasteiger partial charge in [0.2, 0.25) is 5.91 Å². The summed E-state index contributed by atoms with van der Waals surface area (Å²) in [6.45, 7) is 5.07. The smallest absolute Gasteiger partial charge is 0.222 e. The van der Waals surface area contributed by atoms with Crippen LogP contribution in [0, 0.1) is 5.41 Å². The van der Waals surface area contributed by atoms with E-state index in [4.69, 9.17) is 0 Å². The largest absolute Gasteiger partial charge is 0.396 e. The van der Waals surface area contributed by atoms with E-state index < -0.39 is 0 Å². The van der Waals surface area contributed by atoms with Crippen molar-refractivity contribution >= 4 is 5.91 Å². The zero-order valence-electron chi connectivity index (χ0n) is 16.4. The van der Waals surface area contributed by atoms with E-state index in [0.717, 1.165) is 58.2 Å². The molecule has 3 rings (SSSR count). The molecule has 1 N–H and O–H groups in total. The van der Waals surface area contributed by atoms with Crippen LogP contribution < -0.4 is 0 Å². The van der Waals surface area contributed by atoms with Crippen LogP contribution in [0.4, 0.5) is 0 Å². The maximum Gasteiger partial charge on any atom is 0.222 e. The van der Waals surface area contributed by atoms with Gasteiger partial charge < -0.3 is 14.9 Å². The standard InChI is InChI=1S/C22H34N2O2/c1-3-18-8-10-19(11-9-18)6-4-7-21(26)24-15-13-22(17-25)12-5-14-23(2)20(22)16-24/h8-11,20,25H,3-7,12-17H2,1-2H3/t20-,22-/m1/s1. The van der Waals surface area contributed by atoms with Gasteiger partial charge in [0.15, 0.2) is 0 Å². The van der Waals surface area contributed by atoms with Gasteiger partial charge in [0.05, 0.1) is 6.61 Å². The minimum atomic E-state index is 0.00477. The molecule has 2 aliphatic heterocycles. The SMILES string of the molecule is CCc1ccc(CCCC(=O)N2CC[C@@]3(CO)CCCN(C)[C@@H]3C2)cc1. The third kappa shape index (κ3) is 4.12. The van der Waals surface area contributed by atoms with E-state index in [1.54, 1.807) is 0 Å². The van der Waals surface area contributed by atoms with Gasteiger partial charge in [-0.15, -0.1) is 0 Å². The molecular formula is C22H34N2O2. The number of benzene rings is 1. The van der Waals surface area contributed by atoms with Gasteiger partial charge >= 0.3 is 0 Å². The molecule has 0 aliphatic carbocycles. The van der Waals surface area contributed by atoms with Gasteiger partial charge in [0.1, 0.15) is 0 Å². The van der Waals surface area contributed by atoms with Crippen LogP contribution in [0.2, 0.25) is 0 Å². The third-order valence-corrected chi connectivity index (χ3v) is 6.65. The number of rotatable bonds is 6. The Bertz CT molecular complexity index is 601. The van der Waals surface area contributed by atoms with Crippen LogP contribution in [0.25, 0.3) is 0 Å². The Balaban J connectivity index is 1.50. The van der Waals surface area contributed by atoms with Crippen LogP contribution in [0.1, 0.15) is 50.2 Å². The highest BCUT2D eigenvalue weighted by atomic mass is 16.3. The molecule has 2 fully saturated rings. The molecule has 0 unspecified atom stereocenters. The van der Waals surface area contributed by atoms with Crippen LogP contribution >= 0.6 is 0 Å². The van der Waals surface area contributed by atoms with E-state index in [2.05, 4.69) is 43.1 Å². The number of aryl methyl sites for hydroxylation is 2. The molecule has 4 heteroatoms. The summed E-state index contributed by atoms with van der Waals surface area (Å²) in [4.78, 5) is 17.1. The first-order valence-electron chi connectivity index (χ1n) is 10.2. The number of hydrogen-bond donors (Lipinski definition) is 1. The molecule has 0 bridgehead atoms. The van der Waals surface area contributed by atoms with Crippen molar-refractivity contribution < 1.29 is 9.90 Å². The van der Waals surface area contributed by atoms with Crippen molar-refractivity contribution in [1.82, 2.24) is 9.80 Å². The molecule has 0 radical (unpaired) electrons. The van der Waals surface area contributed by atoms with Gasteiger partial charge in [0.25, 0.3) is 0 Å². The zero-order valence-corrected chi connectivity index (χ0v) is 16.4. The summed E-state index contributed by atoms with van der Waals surface area (Å²) < 4.78 is 0. The van der Waals surface area contributed by atoms with E-state index in [-0.39, 0.29) is 17.9 Å². The molecule has 2 atom stereocenters. The Labute approximate surface area is 158 Å². The van der Waals surface area contributed by atoms with Gasteiger partial charge in [0, 0.05) is 31.0 Å². The lowest BCUT2D eigenvalue weighted by Crippen LogP contribution is -2.62. The molecule has 1 aromatic carbocycles. The highest BCUT2D eigenvalue weighted by molar-refractivity contribution is 5.76. The van der Waals surface area contributed by atoms with Gasteiger partial charge in [-0.1, -0.05) is 31.2 Å². The molecule has 0 spiro atoms. The quantitative estimate of drug-likeness (QED) is 0.850. The monoisotopic (exact) mass is 358 g/mol. The Morgan fingerprint density at radius 3 is 2.62 bits per heavy atom. The number of carbonyl (C=O) groups is 1. The molecule has 0 saturated carbocycles. The van der Waals surface area contributed by atoms with Crippen LogP contribution in [0.5, 0.6) is 0 Å². The summed E-state index contributed by atoms with van der Waals surface area (Å²) in [7, 11) is 2.14. The van der Waals surface area contributed by atoms with E-state index in [1.165, 1.54) is 11.1 Å². The molecule has 144 valence electrons. The molecule has 1 aromatic rings. The summed E-state index contributed by atoms with van der Waals surface area (Å²) in [6, 6.07) is 9.07. The van der Waals surface area contributed by atoms with Crippen LogP contribution in [-0.4, -0.2) is 60.1 Å². The average Bonchev–Trinajstić information content (AvgIpc) is 2.68. The molecule has 2 heterocycles. The molecule has 2 saturated heterocycles. The van der Waals surface area contributed by atoms with Crippen molar-refractivity contribution in [2.24, 2.45) is 5.41 Å². The number of aliphatic hydroxyl groups is 1. The molecule has 1 amide bonds. The second-order valence-electron chi connectivity index (χ2n) is 8.23. The number of fused-ring (bicyclic) bond motifs is 1. The highest BCUT2D eigenvalue weighted by Gasteiger charge is 2.47. The Kier molecular flexibility index (Phi) is 6.36. The number of nitrogens with zero attached hydrogens (tertiary/aromatic N) is 2. The Morgan fingerprint density at radius 2 is 1.92 bits per heavy atom. The molecule has 26 heavy (non-hydrogen) atoms. The summed E-state index contributed by atoms with van der Waals surface area (Å²) >= 11 is 0. The van der Waals surface area contributed by atoms with Crippen LogP contribution in [0.15, 0.2) is 24.3 Å². The Morgan fingerprint density at radius 1 is 1.19 bits per heavy atom. The third-order valence-electron chi connectivity index (χ3n) is 6.65. The first kappa shape index (κ1) is 19.4. The second kappa shape index (κ2) is 8.53. The van der Waals surface area contributed by atoms with Crippen LogP contribution in [-0.2, 0) is 17.6 Å². The number of carbonyl (C=O) groups excluding carboxylic acids is 1. The first-order chi connectivity index (χ1) is 12.6. The first-order valence-corrected chi connectivity index (χ1v) is 10.2. The van der Waals surface area contributed by atoms with E-state index >= 15 is 0 Å². The van der Waals surface area contributed by atoms with E-state index in [1.807, 2.05) is 4.90 Å². The number of hydrogen-bond acceptors (Lipinski definition) is 3. The van der Waals surface area contributed by atoms with Crippen molar-refractivity contribution in [2.45, 2.75) is 57.9 Å².